The van der Waals surface area contributed by atoms with E-state index in [1.165, 1.54) is 6.20 Å². The zero-order valence-electron chi connectivity index (χ0n) is 6.34. The summed E-state index contributed by atoms with van der Waals surface area (Å²) in [5.74, 6) is 4.85. The van der Waals surface area contributed by atoms with Crippen LogP contribution < -0.4 is 11.3 Å². The van der Waals surface area contributed by atoms with Gasteiger partial charge in [-0.25, -0.2) is 15.8 Å². The van der Waals surface area contributed by atoms with E-state index in [9.17, 15) is 4.79 Å². The zero-order chi connectivity index (χ0) is 9.14. The number of rotatable bonds is 1. The molecular weight excluding hydrogens is 180 g/mol. The molecule has 0 aliphatic carbocycles. The van der Waals surface area contributed by atoms with Crippen molar-refractivity contribution in [2.75, 3.05) is 0 Å². The molecule has 0 fully saturated rings. The Balaban J connectivity index is 3.13. The first kappa shape index (κ1) is 8.89. The van der Waals surface area contributed by atoms with Gasteiger partial charge in [-0.3, -0.25) is 10.2 Å². The summed E-state index contributed by atoms with van der Waals surface area (Å²) in [4.78, 5) is 18.6. The minimum Gasteiger partial charge on any atom is -0.289 e. The van der Waals surface area contributed by atoms with Crippen LogP contribution in [0.5, 0.6) is 0 Å². The van der Waals surface area contributed by atoms with Crippen LogP contribution in [0.4, 0.5) is 0 Å². The molecule has 1 aromatic heterocycles. The highest BCUT2D eigenvalue weighted by Crippen LogP contribution is 2.10. The number of carbonyl (C=O) groups excluding carboxylic acids is 1. The molecule has 5 nitrogen and oxygen atoms in total. The number of hydrogen-bond donors (Lipinski definition) is 2. The third-order valence-electron chi connectivity index (χ3n) is 1.21. The van der Waals surface area contributed by atoms with Gasteiger partial charge in [-0.05, 0) is 6.92 Å². The lowest BCUT2D eigenvalue weighted by atomic mass is 10.4. The SMILES string of the molecule is Cc1ncc(Cl)c(C(=O)NN)n1. The standard InChI is InChI=1S/C6H7ClN4O/c1-3-9-2-4(7)5(10-3)6(12)11-8/h2H,8H2,1H3,(H,11,12). The summed E-state index contributed by atoms with van der Waals surface area (Å²) in [6.45, 7) is 1.66. The van der Waals surface area contributed by atoms with E-state index >= 15 is 0 Å². The Labute approximate surface area is 73.9 Å². The van der Waals surface area contributed by atoms with Crippen LogP contribution in [0, 0.1) is 6.92 Å². The molecule has 0 bridgehead atoms. The van der Waals surface area contributed by atoms with Crippen molar-refractivity contribution in [1.29, 1.82) is 0 Å². The summed E-state index contributed by atoms with van der Waals surface area (Å²) in [7, 11) is 0. The summed E-state index contributed by atoms with van der Waals surface area (Å²) < 4.78 is 0. The number of nitrogens with zero attached hydrogens (tertiary/aromatic N) is 2. The third-order valence-corrected chi connectivity index (χ3v) is 1.49. The molecule has 1 aromatic rings. The lowest BCUT2D eigenvalue weighted by molar-refractivity contribution is 0.0948. The van der Waals surface area contributed by atoms with Gasteiger partial charge >= 0.3 is 0 Å². The normalized spacial score (nSPS) is 9.58. The molecule has 0 saturated heterocycles. The Kier molecular flexibility index (Phi) is 2.57. The van der Waals surface area contributed by atoms with Crippen molar-refractivity contribution in [3.05, 3.63) is 22.7 Å². The van der Waals surface area contributed by atoms with E-state index in [0.29, 0.717) is 5.82 Å². The van der Waals surface area contributed by atoms with Gasteiger partial charge in [0.1, 0.15) is 5.82 Å². The van der Waals surface area contributed by atoms with Gasteiger partial charge in [-0.2, -0.15) is 0 Å². The Morgan fingerprint density at radius 1 is 1.75 bits per heavy atom. The van der Waals surface area contributed by atoms with E-state index in [1.807, 2.05) is 5.43 Å². The van der Waals surface area contributed by atoms with Crippen LogP contribution in [-0.2, 0) is 0 Å². The summed E-state index contributed by atoms with van der Waals surface area (Å²) in [5, 5.41) is 0.184. The number of nitrogens with one attached hydrogen (secondary N) is 1. The fourth-order valence-corrected chi connectivity index (χ4v) is 0.860. The van der Waals surface area contributed by atoms with Crippen molar-refractivity contribution in [1.82, 2.24) is 15.4 Å². The van der Waals surface area contributed by atoms with Crippen LogP contribution in [0.2, 0.25) is 5.02 Å². The number of nitrogen functional groups attached to an aromatic ring is 1. The number of halogens is 1. The van der Waals surface area contributed by atoms with Gasteiger partial charge in [0.05, 0.1) is 11.2 Å². The summed E-state index contributed by atoms with van der Waals surface area (Å²) in [5.41, 5.74) is 2.03. The Bertz CT molecular complexity index is 314. The number of nitrogens with two attached hydrogens (primary N) is 1. The molecule has 1 amide bonds. The second-order valence-corrected chi connectivity index (χ2v) is 2.49. The van der Waals surface area contributed by atoms with Crippen molar-refractivity contribution < 1.29 is 4.79 Å². The number of amides is 1. The smallest absolute Gasteiger partial charge is 0.285 e. The third kappa shape index (κ3) is 1.69. The van der Waals surface area contributed by atoms with Crippen LogP contribution >= 0.6 is 11.6 Å². The van der Waals surface area contributed by atoms with Crippen molar-refractivity contribution >= 4 is 17.5 Å². The fraction of sp³-hybridized carbons (Fsp3) is 0.167. The lowest BCUT2D eigenvalue weighted by Gasteiger charge is -2.00. The van der Waals surface area contributed by atoms with E-state index in [2.05, 4.69) is 9.97 Å². The highest BCUT2D eigenvalue weighted by atomic mass is 35.5. The molecule has 64 valence electrons. The highest BCUT2D eigenvalue weighted by molar-refractivity contribution is 6.33. The fourth-order valence-electron chi connectivity index (χ4n) is 0.683. The first-order valence-corrected chi connectivity index (χ1v) is 3.53. The van der Waals surface area contributed by atoms with Crippen molar-refractivity contribution in [2.45, 2.75) is 6.92 Å². The molecule has 3 N–H and O–H groups in total. The molecule has 12 heavy (non-hydrogen) atoms. The molecule has 0 aliphatic rings. The minimum atomic E-state index is -0.523. The number of hydrazine groups is 1. The average Bonchev–Trinajstić information content (AvgIpc) is 2.08. The van der Waals surface area contributed by atoms with Crippen LogP contribution in [-0.4, -0.2) is 15.9 Å². The van der Waals surface area contributed by atoms with Crippen molar-refractivity contribution in [3.8, 4) is 0 Å². The maximum atomic E-state index is 11.0. The van der Waals surface area contributed by atoms with Gasteiger partial charge in [-0.1, -0.05) is 11.6 Å². The van der Waals surface area contributed by atoms with Crippen LogP contribution in [0.25, 0.3) is 0 Å². The molecule has 0 atom stereocenters. The summed E-state index contributed by atoms with van der Waals surface area (Å²) in [6.07, 6.45) is 1.36. The topological polar surface area (TPSA) is 80.9 Å². The molecule has 1 rings (SSSR count). The van der Waals surface area contributed by atoms with Gasteiger partial charge in [-0.15, -0.1) is 0 Å². The monoisotopic (exact) mass is 186 g/mol. The Morgan fingerprint density at radius 3 is 3.00 bits per heavy atom. The quantitative estimate of drug-likeness (QED) is 0.369. The maximum Gasteiger partial charge on any atom is 0.285 e. The molecule has 0 radical (unpaired) electrons. The zero-order valence-corrected chi connectivity index (χ0v) is 7.09. The van der Waals surface area contributed by atoms with Crippen molar-refractivity contribution in [2.24, 2.45) is 5.84 Å². The van der Waals surface area contributed by atoms with Crippen LogP contribution in [0.3, 0.4) is 0 Å². The number of carbonyl (C=O) groups is 1. The maximum absolute atomic E-state index is 11.0. The molecular formula is C6H7ClN4O. The van der Waals surface area contributed by atoms with Gasteiger partial charge in [0.15, 0.2) is 5.69 Å². The number of aromatic nitrogens is 2. The molecule has 0 saturated carbocycles. The van der Waals surface area contributed by atoms with E-state index in [-0.39, 0.29) is 10.7 Å². The van der Waals surface area contributed by atoms with Gasteiger partial charge in [0, 0.05) is 0 Å². The molecule has 0 aromatic carbocycles. The highest BCUT2D eigenvalue weighted by Gasteiger charge is 2.10. The lowest BCUT2D eigenvalue weighted by Crippen LogP contribution is -2.31. The van der Waals surface area contributed by atoms with Crippen LogP contribution in [0.1, 0.15) is 16.3 Å². The van der Waals surface area contributed by atoms with Gasteiger partial charge < -0.3 is 0 Å². The predicted octanol–water partition coefficient (Wildman–Crippen LogP) is 0.0419. The molecule has 0 unspecified atom stereocenters. The summed E-state index contributed by atoms with van der Waals surface area (Å²) >= 11 is 5.63. The number of hydrogen-bond acceptors (Lipinski definition) is 4. The molecule has 6 heteroatoms. The number of aryl methyl sites for hydroxylation is 1. The Morgan fingerprint density at radius 2 is 2.42 bits per heavy atom. The summed E-state index contributed by atoms with van der Waals surface area (Å²) in [6, 6.07) is 0. The van der Waals surface area contributed by atoms with E-state index in [1.54, 1.807) is 6.92 Å². The Hall–Kier alpha value is -1.20. The van der Waals surface area contributed by atoms with Gasteiger partial charge in [0.25, 0.3) is 5.91 Å². The molecule has 1 heterocycles. The first-order chi connectivity index (χ1) is 5.65. The largest absolute Gasteiger partial charge is 0.289 e. The molecule has 0 spiro atoms. The van der Waals surface area contributed by atoms with E-state index < -0.39 is 5.91 Å². The predicted molar refractivity (Wildman–Crippen MR) is 43.4 cm³/mol. The second-order valence-electron chi connectivity index (χ2n) is 2.09. The minimum absolute atomic E-state index is 0.0895. The second kappa shape index (κ2) is 3.46. The van der Waals surface area contributed by atoms with E-state index in [4.69, 9.17) is 17.4 Å². The van der Waals surface area contributed by atoms with Gasteiger partial charge in [0.2, 0.25) is 0 Å². The van der Waals surface area contributed by atoms with Crippen LogP contribution in [0.15, 0.2) is 6.20 Å². The van der Waals surface area contributed by atoms with Crippen molar-refractivity contribution in [3.63, 3.8) is 0 Å². The first-order valence-electron chi connectivity index (χ1n) is 3.15. The average molecular weight is 187 g/mol. The molecule has 0 aliphatic heterocycles. The van der Waals surface area contributed by atoms with E-state index in [0.717, 1.165) is 0 Å².